The number of aliphatic hydroxyl groups is 1. The largest absolute Gasteiger partial charge is 0.392 e. The maximum Gasteiger partial charge on any atom is 0.220 e. The van der Waals surface area contributed by atoms with Crippen LogP contribution in [0.15, 0.2) is 24.3 Å². The van der Waals surface area contributed by atoms with Gasteiger partial charge in [0.05, 0.1) is 6.61 Å². The van der Waals surface area contributed by atoms with Gasteiger partial charge >= 0.3 is 0 Å². The number of nitrogens with one attached hydrogen (secondary N) is 2. The van der Waals surface area contributed by atoms with Crippen LogP contribution in [0.2, 0.25) is 0 Å². The molecule has 0 bridgehead atoms. The second-order valence-corrected chi connectivity index (χ2v) is 5.49. The average Bonchev–Trinajstić information content (AvgIpc) is 2.52. The number of carbonyl (C=O) groups excluding carboxylic acids is 1. The van der Waals surface area contributed by atoms with Gasteiger partial charge in [-0.15, -0.1) is 0 Å². The van der Waals surface area contributed by atoms with Crippen molar-refractivity contribution in [2.24, 2.45) is 5.92 Å². The molecule has 0 radical (unpaired) electrons. The minimum Gasteiger partial charge on any atom is -0.392 e. The van der Waals surface area contributed by atoms with E-state index in [1.165, 1.54) is 12.8 Å². The fourth-order valence-corrected chi connectivity index (χ4v) is 2.63. The summed E-state index contributed by atoms with van der Waals surface area (Å²) in [5.41, 5.74) is 1.92. The van der Waals surface area contributed by atoms with Gasteiger partial charge in [0.1, 0.15) is 0 Å². The van der Waals surface area contributed by atoms with Crippen LogP contribution in [0, 0.1) is 5.92 Å². The molecule has 0 saturated carbocycles. The number of amides is 1. The molecule has 1 aromatic rings. The van der Waals surface area contributed by atoms with Gasteiger partial charge in [-0.05, 0) is 49.4 Å². The quantitative estimate of drug-likeness (QED) is 0.739. The topological polar surface area (TPSA) is 61.4 Å². The van der Waals surface area contributed by atoms with Crippen molar-refractivity contribution < 1.29 is 9.90 Å². The molecule has 20 heavy (non-hydrogen) atoms. The van der Waals surface area contributed by atoms with Gasteiger partial charge in [0.25, 0.3) is 0 Å². The van der Waals surface area contributed by atoms with Crippen molar-refractivity contribution in [1.82, 2.24) is 10.6 Å². The van der Waals surface area contributed by atoms with Crippen LogP contribution in [0.25, 0.3) is 0 Å². The molecule has 0 spiro atoms. The van der Waals surface area contributed by atoms with E-state index in [9.17, 15) is 4.79 Å². The Labute approximate surface area is 120 Å². The van der Waals surface area contributed by atoms with Crippen molar-refractivity contribution in [3.05, 3.63) is 35.4 Å². The first-order valence-electron chi connectivity index (χ1n) is 7.44. The Morgan fingerprint density at radius 2 is 2.05 bits per heavy atom. The number of benzene rings is 1. The zero-order valence-electron chi connectivity index (χ0n) is 11.9. The smallest absolute Gasteiger partial charge is 0.220 e. The molecule has 3 N–H and O–H groups in total. The van der Waals surface area contributed by atoms with Crippen LogP contribution < -0.4 is 10.6 Å². The molecule has 0 atom stereocenters. The van der Waals surface area contributed by atoms with Gasteiger partial charge in [0.2, 0.25) is 5.91 Å². The minimum absolute atomic E-state index is 0.0392. The highest BCUT2D eigenvalue weighted by Gasteiger charge is 2.14. The van der Waals surface area contributed by atoms with Crippen molar-refractivity contribution in [2.75, 3.05) is 13.1 Å². The summed E-state index contributed by atoms with van der Waals surface area (Å²) in [5.74, 6) is 0.817. The van der Waals surface area contributed by atoms with Crippen molar-refractivity contribution in [1.29, 1.82) is 0 Å². The lowest BCUT2D eigenvalue weighted by molar-refractivity contribution is -0.121. The average molecular weight is 276 g/mol. The molecular formula is C16H24N2O2. The highest BCUT2D eigenvalue weighted by Crippen LogP contribution is 2.17. The van der Waals surface area contributed by atoms with E-state index in [-0.39, 0.29) is 12.5 Å². The van der Waals surface area contributed by atoms with Crippen molar-refractivity contribution in [3.63, 3.8) is 0 Å². The number of aliphatic hydroxyl groups excluding tert-OH is 1. The summed E-state index contributed by atoms with van der Waals surface area (Å²) in [7, 11) is 0. The molecule has 2 rings (SSSR count). The number of piperidine rings is 1. The number of hydrogen-bond acceptors (Lipinski definition) is 3. The third-order valence-electron chi connectivity index (χ3n) is 3.90. The molecule has 1 heterocycles. The van der Waals surface area contributed by atoms with Crippen LogP contribution >= 0.6 is 0 Å². The van der Waals surface area contributed by atoms with Crippen LogP contribution in [-0.2, 0) is 17.9 Å². The zero-order chi connectivity index (χ0) is 14.2. The van der Waals surface area contributed by atoms with Crippen LogP contribution in [0.4, 0.5) is 0 Å². The van der Waals surface area contributed by atoms with Gasteiger partial charge in [0, 0.05) is 13.0 Å². The molecule has 1 saturated heterocycles. The van der Waals surface area contributed by atoms with Crippen molar-refractivity contribution in [2.45, 2.75) is 38.8 Å². The van der Waals surface area contributed by atoms with Gasteiger partial charge in [0.15, 0.2) is 0 Å². The summed E-state index contributed by atoms with van der Waals surface area (Å²) in [6.45, 7) is 2.75. The predicted octanol–water partition coefficient (Wildman–Crippen LogP) is 1.57. The minimum atomic E-state index is 0.0392. The van der Waals surface area contributed by atoms with E-state index in [2.05, 4.69) is 10.6 Å². The first-order chi connectivity index (χ1) is 9.78. The number of carbonyl (C=O) groups is 1. The lowest BCUT2D eigenvalue weighted by atomic mass is 9.93. The van der Waals surface area contributed by atoms with Crippen LogP contribution in [0.5, 0.6) is 0 Å². The number of rotatable bonds is 6. The van der Waals surface area contributed by atoms with Gasteiger partial charge in [-0.25, -0.2) is 0 Å². The molecule has 4 nitrogen and oxygen atoms in total. The van der Waals surface area contributed by atoms with Gasteiger partial charge in [-0.1, -0.05) is 24.3 Å². The van der Waals surface area contributed by atoms with Gasteiger partial charge in [-0.3, -0.25) is 4.79 Å². The Morgan fingerprint density at radius 1 is 1.30 bits per heavy atom. The monoisotopic (exact) mass is 276 g/mol. The van der Waals surface area contributed by atoms with Crippen molar-refractivity contribution in [3.8, 4) is 0 Å². The summed E-state index contributed by atoms with van der Waals surface area (Å²) in [6.07, 6.45) is 3.98. The molecular weight excluding hydrogens is 252 g/mol. The first-order valence-corrected chi connectivity index (χ1v) is 7.44. The lowest BCUT2D eigenvalue weighted by Crippen LogP contribution is -2.29. The Hall–Kier alpha value is -1.39. The Kier molecular flexibility index (Phi) is 6.02. The fraction of sp³-hybridized carbons (Fsp3) is 0.562. The Morgan fingerprint density at radius 3 is 2.80 bits per heavy atom. The second-order valence-electron chi connectivity index (χ2n) is 5.49. The molecule has 0 aromatic heterocycles. The summed E-state index contributed by atoms with van der Waals surface area (Å²) in [5, 5.41) is 15.4. The van der Waals surface area contributed by atoms with E-state index in [1.807, 2.05) is 24.3 Å². The van der Waals surface area contributed by atoms with Crippen LogP contribution in [0.1, 0.15) is 36.8 Å². The predicted molar refractivity (Wildman–Crippen MR) is 79.0 cm³/mol. The standard InChI is InChI=1S/C16H24N2O2/c19-12-15-3-1-2-14(10-15)11-18-16(20)5-4-13-6-8-17-9-7-13/h1-3,10,13,17,19H,4-9,11-12H2,(H,18,20). The summed E-state index contributed by atoms with van der Waals surface area (Å²) in [6, 6.07) is 7.67. The van der Waals surface area contributed by atoms with Crippen LogP contribution in [0.3, 0.4) is 0 Å². The van der Waals surface area contributed by atoms with Crippen molar-refractivity contribution >= 4 is 5.91 Å². The maximum atomic E-state index is 11.8. The second kappa shape index (κ2) is 8.02. The molecule has 0 unspecified atom stereocenters. The van der Waals surface area contributed by atoms with E-state index in [0.717, 1.165) is 30.6 Å². The number of hydrogen-bond donors (Lipinski definition) is 3. The Balaban J connectivity index is 1.68. The van der Waals surface area contributed by atoms with Crippen LogP contribution in [-0.4, -0.2) is 24.1 Å². The van der Waals surface area contributed by atoms with Gasteiger partial charge in [-0.2, -0.15) is 0 Å². The molecule has 1 aliphatic rings. The third-order valence-corrected chi connectivity index (χ3v) is 3.90. The SMILES string of the molecule is O=C(CCC1CCNCC1)NCc1cccc(CO)c1. The maximum absolute atomic E-state index is 11.8. The zero-order valence-corrected chi connectivity index (χ0v) is 11.9. The molecule has 1 aliphatic heterocycles. The summed E-state index contributed by atoms with van der Waals surface area (Å²) < 4.78 is 0. The van der Waals surface area contributed by atoms with E-state index in [1.54, 1.807) is 0 Å². The highest BCUT2D eigenvalue weighted by atomic mass is 16.3. The molecule has 1 fully saturated rings. The molecule has 4 heteroatoms. The third kappa shape index (κ3) is 4.94. The summed E-state index contributed by atoms with van der Waals surface area (Å²) >= 11 is 0. The molecule has 0 aliphatic carbocycles. The van der Waals surface area contributed by atoms with E-state index < -0.39 is 0 Å². The highest BCUT2D eigenvalue weighted by molar-refractivity contribution is 5.75. The van der Waals surface area contributed by atoms with Gasteiger partial charge < -0.3 is 15.7 Å². The normalized spacial score (nSPS) is 16.1. The first kappa shape index (κ1) is 15.0. The molecule has 110 valence electrons. The fourth-order valence-electron chi connectivity index (χ4n) is 2.63. The van der Waals surface area contributed by atoms with E-state index in [4.69, 9.17) is 5.11 Å². The lowest BCUT2D eigenvalue weighted by Gasteiger charge is -2.22. The Bertz CT molecular complexity index is 428. The van der Waals surface area contributed by atoms with E-state index in [0.29, 0.717) is 18.9 Å². The summed E-state index contributed by atoms with van der Waals surface area (Å²) in [4.78, 5) is 11.8. The molecule has 1 amide bonds. The van der Waals surface area contributed by atoms with E-state index >= 15 is 0 Å². The molecule has 1 aromatic carbocycles.